The number of nitrogens with one attached hydrogen (secondary N) is 1. The van der Waals surface area contributed by atoms with E-state index >= 15 is 0 Å². The average Bonchev–Trinajstić information content (AvgIpc) is 3.24. The summed E-state index contributed by atoms with van der Waals surface area (Å²) in [6.07, 6.45) is 6.14. The summed E-state index contributed by atoms with van der Waals surface area (Å²) in [5.74, 6) is 0.149. The minimum Gasteiger partial charge on any atom is -0.376 e. The van der Waals surface area contributed by atoms with Gasteiger partial charge in [-0.3, -0.25) is 9.36 Å². The van der Waals surface area contributed by atoms with Gasteiger partial charge in [-0.1, -0.05) is 29.5 Å². The van der Waals surface area contributed by atoms with Crippen LogP contribution in [0.2, 0.25) is 0 Å². The van der Waals surface area contributed by atoms with Crippen LogP contribution in [0.3, 0.4) is 0 Å². The van der Waals surface area contributed by atoms with Crippen molar-refractivity contribution in [2.75, 3.05) is 17.7 Å². The summed E-state index contributed by atoms with van der Waals surface area (Å²) >= 11 is 1.36. The van der Waals surface area contributed by atoms with Crippen molar-refractivity contribution >= 4 is 23.4 Å². The van der Waals surface area contributed by atoms with Crippen LogP contribution in [0.25, 0.3) is 0 Å². The minimum absolute atomic E-state index is 0.0891. The summed E-state index contributed by atoms with van der Waals surface area (Å²) in [6.45, 7) is 3.38. The van der Waals surface area contributed by atoms with E-state index in [4.69, 9.17) is 4.74 Å². The van der Waals surface area contributed by atoms with Crippen molar-refractivity contribution in [3.05, 3.63) is 51.6 Å². The standard InChI is InChI=1S/C22H27N3O3S/c1-15-8-10-16(11-9-15)23-20(26)14-29-21-18-6-2-3-7-19(18)25(22(27)24-21)13-17-5-4-12-28-17/h8-11,17H,2-7,12-14H2,1H3,(H,23,26). The van der Waals surface area contributed by atoms with E-state index in [1.165, 1.54) is 11.8 Å². The number of benzene rings is 1. The van der Waals surface area contributed by atoms with E-state index in [9.17, 15) is 9.59 Å². The number of aryl methyl sites for hydroxylation is 1. The highest BCUT2D eigenvalue weighted by Gasteiger charge is 2.24. The second kappa shape index (κ2) is 9.13. The number of rotatable bonds is 6. The first-order valence-corrected chi connectivity index (χ1v) is 11.3. The lowest BCUT2D eigenvalue weighted by Crippen LogP contribution is -2.34. The molecule has 0 saturated carbocycles. The van der Waals surface area contributed by atoms with Gasteiger partial charge in [-0.25, -0.2) is 4.79 Å². The zero-order valence-electron chi connectivity index (χ0n) is 16.8. The van der Waals surface area contributed by atoms with Crippen molar-refractivity contribution < 1.29 is 9.53 Å². The molecule has 1 aromatic heterocycles. The predicted molar refractivity (Wildman–Crippen MR) is 115 cm³/mol. The molecule has 0 radical (unpaired) electrons. The van der Waals surface area contributed by atoms with Gasteiger partial charge in [0.2, 0.25) is 5.91 Å². The molecule has 0 spiro atoms. The fourth-order valence-electron chi connectivity index (χ4n) is 4.02. The molecule has 1 amide bonds. The Kier molecular flexibility index (Phi) is 6.35. The molecule has 6 nitrogen and oxygen atoms in total. The minimum atomic E-state index is -0.220. The molecule has 1 saturated heterocycles. The molecule has 2 aromatic rings. The van der Waals surface area contributed by atoms with E-state index in [-0.39, 0.29) is 23.5 Å². The first-order chi connectivity index (χ1) is 14.1. The number of fused-ring (bicyclic) bond motifs is 1. The van der Waals surface area contributed by atoms with Crippen LogP contribution in [-0.4, -0.2) is 33.9 Å². The van der Waals surface area contributed by atoms with E-state index in [0.29, 0.717) is 11.6 Å². The first-order valence-electron chi connectivity index (χ1n) is 10.3. The van der Waals surface area contributed by atoms with Gasteiger partial charge in [0.25, 0.3) is 0 Å². The Labute approximate surface area is 175 Å². The third kappa shape index (κ3) is 4.90. The summed E-state index contributed by atoms with van der Waals surface area (Å²) in [6, 6.07) is 7.72. The van der Waals surface area contributed by atoms with Crippen LogP contribution in [0, 0.1) is 6.92 Å². The molecule has 1 aliphatic heterocycles. The number of nitrogens with zero attached hydrogens (tertiary/aromatic N) is 2. The predicted octanol–water partition coefficient (Wildman–Crippen LogP) is 3.34. The van der Waals surface area contributed by atoms with Gasteiger partial charge >= 0.3 is 5.69 Å². The van der Waals surface area contributed by atoms with Crippen LogP contribution >= 0.6 is 11.8 Å². The highest BCUT2D eigenvalue weighted by atomic mass is 32.2. The molecule has 1 N–H and O–H groups in total. The van der Waals surface area contributed by atoms with Crippen LogP contribution in [0.4, 0.5) is 5.69 Å². The Hall–Kier alpha value is -2.12. The molecule has 1 atom stereocenters. The van der Waals surface area contributed by atoms with Crippen molar-refractivity contribution in [1.29, 1.82) is 0 Å². The van der Waals surface area contributed by atoms with Crippen LogP contribution in [0.1, 0.15) is 42.5 Å². The molecule has 1 fully saturated rings. The Morgan fingerprint density at radius 2 is 2.03 bits per heavy atom. The average molecular weight is 414 g/mol. The highest BCUT2D eigenvalue weighted by Crippen LogP contribution is 2.29. The van der Waals surface area contributed by atoms with Gasteiger partial charge in [-0.05, 0) is 57.6 Å². The van der Waals surface area contributed by atoms with Crippen molar-refractivity contribution in [2.45, 2.75) is 63.1 Å². The van der Waals surface area contributed by atoms with Crippen molar-refractivity contribution in [2.24, 2.45) is 0 Å². The van der Waals surface area contributed by atoms with Gasteiger partial charge in [-0.2, -0.15) is 4.98 Å². The summed E-state index contributed by atoms with van der Waals surface area (Å²) in [5.41, 5.74) is 3.94. The number of carbonyl (C=O) groups excluding carboxylic acids is 1. The number of amides is 1. The van der Waals surface area contributed by atoms with Crippen molar-refractivity contribution in [1.82, 2.24) is 9.55 Å². The lowest BCUT2D eigenvalue weighted by Gasteiger charge is -2.24. The smallest absolute Gasteiger partial charge is 0.348 e. The molecule has 2 heterocycles. The first kappa shape index (κ1) is 20.2. The topological polar surface area (TPSA) is 73.2 Å². The lowest BCUT2D eigenvalue weighted by molar-refractivity contribution is -0.113. The van der Waals surface area contributed by atoms with Gasteiger partial charge in [0.1, 0.15) is 5.03 Å². The van der Waals surface area contributed by atoms with E-state index in [1.54, 1.807) is 0 Å². The molecule has 7 heteroatoms. The molecule has 2 aliphatic rings. The summed E-state index contributed by atoms with van der Waals surface area (Å²) in [5, 5.41) is 3.62. The third-order valence-corrected chi connectivity index (χ3v) is 6.55. The highest BCUT2D eigenvalue weighted by molar-refractivity contribution is 8.00. The molecule has 1 aromatic carbocycles. The lowest BCUT2D eigenvalue weighted by atomic mass is 9.97. The number of carbonyl (C=O) groups is 1. The number of thioether (sulfide) groups is 1. The quantitative estimate of drug-likeness (QED) is 0.581. The molecule has 4 rings (SSSR count). The SMILES string of the molecule is Cc1ccc(NC(=O)CSc2nc(=O)n(CC3CCCO3)c3c2CCCC3)cc1. The number of ether oxygens (including phenoxy) is 1. The number of anilines is 1. The second-order valence-corrected chi connectivity index (χ2v) is 8.74. The summed E-state index contributed by atoms with van der Waals surface area (Å²) in [4.78, 5) is 29.5. The van der Waals surface area contributed by atoms with Crippen LogP contribution < -0.4 is 11.0 Å². The Morgan fingerprint density at radius 1 is 1.24 bits per heavy atom. The van der Waals surface area contributed by atoms with Crippen LogP contribution in [-0.2, 0) is 28.9 Å². The van der Waals surface area contributed by atoms with Gasteiger partial charge in [0.05, 0.1) is 18.4 Å². The molecule has 1 aliphatic carbocycles. The fourth-order valence-corrected chi connectivity index (χ4v) is 4.89. The molecule has 0 bridgehead atoms. The van der Waals surface area contributed by atoms with Crippen LogP contribution in [0.5, 0.6) is 0 Å². The summed E-state index contributed by atoms with van der Waals surface area (Å²) in [7, 11) is 0. The van der Waals surface area contributed by atoms with E-state index in [1.807, 2.05) is 35.8 Å². The molecule has 154 valence electrons. The van der Waals surface area contributed by atoms with Crippen LogP contribution in [0.15, 0.2) is 34.1 Å². The largest absolute Gasteiger partial charge is 0.376 e. The maximum Gasteiger partial charge on any atom is 0.348 e. The Morgan fingerprint density at radius 3 is 2.79 bits per heavy atom. The molecule has 29 heavy (non-hydrogen) atoms. The van der Waals surface area contributed by atoms with Gasteiger partial charge in [0, 0.05) is 23.6 Å². The van der Waals surface area contributed by atoms with Gasteiger partial charge in [-0.15, -0.1) is 0 Å². The molecular weight excluding hydrogens is 386 g/mol. The van der Waals surface area contributed by atoms with Gasteiger partial charge < -0.3 is 10.1 Å². The Bertz CT molecular complexity index is 934. The fraction of sp³-hybridized carbons (Fsp3) is 0.500. The number of hydrogen-bond donors (Lipinski definition) is 1. The molecular formula is C22H27N3O3S. The summed E-state index contributed by atoms with van der Waals surface area (Å²) < 4.78 is 7.55. The van der Waals surface area contributed by atoms with Gasteiger partial charge in [0.15, 0.2) is 0 Å². The number of aromatic nitrogens is 2. The Balaban J connectivity index is 1.48. The maximum atomic E-state index is 12.7. The normalized spacial score (nSPS) is 18.4. The number of hydrogen-bond acceptors (Lipinski definition) is 5. The van der Waals surface area contributed by atoms with Crippen molar-refractivity contribution in [3.8, 4) is 0 Å². The zero-order valence-corrected chi connectivity index (χ0v) is 17.6. The second-order valence-electron chi connectivity index (χ2n) is 7.78. The zero-order chi connectivity index (χ0) is 20.2. The monoisotopic (exact) mass is 413 g/mol. The molecule has 1 unspecified atom stereocenters. The van der Waals surface area contributed by atoms with E-state index in [2.05, 4.69) is 10.3 Å². The van der Waals surface area contributed by atoms with E-state index in [0.717, 1.165) is 67.6 Å². The van der Waals surface area contributed by atoms with Crippen molar-refractivity contribution in [3.63, 3.8) is 0 Å². The van der Waals surface area contributed by atoms with E-state index < -0.39 is 0 Å². The third-order valence-electron chi connectivity index (χ3n) is 5.54. The maximum absolute atomic E-state index is 12.7.